The lowest BCUT2D eigenvalue weighted by Crippen LogP contribution is -2.00. The van der Waals surface area contributed by atoms with Crippen LogP contribution in [0, 0.1) is 0 Å². The zero-order valence-corrected chi connectivity index (χ0v) is 12.8. The van der Waals surface area contributed by atoms with Gasteiger partial charge in [-0.3, -0.25) is 0 Å². The Kier molecular flexibility index (Phi) is 4.81. The molecule has 0 unspecified atom stereocenters. The highest BCUT2D eigenvalue weighted by molar-refractivity contribution is 6.43. The minimum absolute atomic E-state index is 0.294. The van der Waals surface area contributed by atoms with Gasteiger partial charge in [-0.25, -0.2) is 0 Å². The van der Waals surface area contributed by atoms with Gasteiger partial charge in [0.15, 0.2) is 0 Å². The number of nitrogens with two attached hydrogens (primary N) is 1. The van der Waals surface area contributed by atoms with Crippen LogP contribution in [0.5, 0.6) is 17.5 Å². The summed E-state index contributed by atoms with van der Waals surface area (Å²) in [7, 11) is 0. The van der Waals surface area contributed by atoms with Gasteiger partial charge < -0.3 is 15.2 Å². The van der Waals surface area contributed by atoms with Crippen LogP contribution >= 0.6 is 34.8 Å². The second-order valence-electron chi connectivity index (χ2n) is 3.78. The Morgan fingerprint density at radius 2 is 1.80 bits per heavy atom. The Hall–Kier alpha value is -1.36. The molecule has 0 aliphatic carbocycles. The Balaban J connectivity index is 2.30. The fraction of sp³-hybridized carbons (Fsp3) is 0.154. The number of rotatable bonds is 4. The molecule has 0 amide bonds. The van der Waals surface area contributed by atoms with E-state index in [1.54, 1.807) is 12.1 Å². The van der Waals surface area contributed by atoms with E-state index in [0.29, 0.717) is 44.9 Å². The molecule has 4 nitrogen and oxygen atoms in total. The third-order valence-electron chi connectivity index (χ3n) is 2.33. The van der Waals surface area contributed by atoms with Gasteiger partial charge in [0.05, 0.1) is 27.4 Å². The maximum absolute atomic E-state index is 6.03. The van der Waals surface area contributed by atoms with E-state index in [2.05, 4.69) is 4.98 Å². The van der Waals surface area contributed by atoms with Crippen molar-refractivity contribution in [3.05, 3.63) is 39.3 Å². The maximum atomic E-state index is 6.03. The second kappa shape index (κ2) is 6.39. The Bertz CT molecular complexity index is 635. The van der Waals surface area contributed by atoms with E-state index in [9.17, 15) is 0 Å². The summed E-state index contributed by atoms with van der Waals surface area (Å²) < 4.78 is 10.9. The molecule has 0 aliphatic heterocycles. The van der Waals surface area contributed by atoms with Crippen LogP contribution in [-0.2, 0) is 0 Å². The molecule has 106 valence electrons. The Morgan fingerprint density at radius 3 is 2.50 bits per heavy atom. The summed E-state index contributed by atoms with van der Waals surface area (Å²) in [6.07, 6.45) is 0. The van der Waals surface area contributed by atoms with Gasteiger partial charge in [-0.1, -0.05) is 34.8 Å². The summed E-state index contributed by atoms with van der Waals surface area (Å²) in [6, 6.07) is 6.27. The number of aromatic nitrogens is 1. The molecule has 0 atom stereocenters. The topological polar surface area (TPSA) is 57.4 Å². The zero-order chi connectivity index (χ0) is 14.7. The van der Waals surface area contributed by atoms with Gasteiger partial charge in [-0.15, -0.1) is 0 Å². The van der Waals surface area contributed by atoms with Crippen LogP contribution < -0.4 is 15.2 Å². The number of anilines is 1. The summed E-state index contributed by atoms with van der Waals surface area (Å²) in [5.41, 5.74) is 6.17. The van der Waals surface area contributed by atoms with Gasteiger partial charge in [0, 0.05) is 12.1 Å². The summed E-state index contributed by atoms with van der Waals surface area (Å²) >= 11 is 17.8. The van der Waals surface area contributed by atoms with Crippen molar-refractivity contribution in [2.75, 3.05) is 12.3 Å². The van der Waals surface area contributed by atoms with Crippen molar-refractivity contribution in [1.29, 1.82) is 0 Å². The van der Waals surface area contributed by atoms with Crippen molar-refractivity contribution in [2.45, 2.75) is 6.92 Å². The molecule has 1 aromatic heterocycles. The first-order valence-corrected chi connectivity index (χ1v) is 6.86. The first-order valence-electron chi connectivity index (χ1n) is 5.73. The predicted molar refractivity (Wildman–Crippen MR) is 81.4 cm³/mol. The fourth-order valence-electron chi connectivity index (χ4n) is 1.44. The summed E-state index contributed by atoms with van der Waals surface area (Å²) in [5.74, 6) is 0.949. The molecular formula is C13H11Cl3N2O2. The summed E-state index contributed by atoms with van der Waals surface area (Å²) in [5, 5.41) is 1.02. The van der Waals surface area contributed by atoms with Crippen LogP contribution in [0.2, 0.25) is 15.1 Å². The Labute approximate surface area is 131 Å². The van der Waals surface area contributed by atoms with Gasteiger partial charge in [-0.05, 0) is 19.1 Å². The van der Waals surface area contributed by atoms with E-state index < -0.39 is 0 Å². The van der Waals surface area contributed by atoms with E-state index in [0.717, 1.165) is 0 Å². The third kappa shape index (κ3) is 3.39. The smallest absolute Gasteiger partial charge is 0.240 e. The predicted octanol–water partition coefficient (Wildman–Crippen LogP) is 4.82. The molecule has 2 N–H and O–H groups in total. The molecule has 0 spiro atoms. The molecule has 1 aromatic carbocycles. The molecule has 0 saturated heterocycles. The van der Waals surface area contributed by atoms with Gasteiger partial charge in [0.1, 0.15) is 5.75 Å². The van der Waals surface area contributed by atoms with Crippen LogP contribution in [0.4, 0.5) is 5.69 Å². The number of pyridine rings is 1. The number of hydrogen-bond donors (Lipinski definition) is 1. The fourth-order valence-corrected chi connectivity index (χ4v) is 2.01. The Morgan fingerprint density at radius 1 is 1.10 bits per heavy atom. The molecule has 0 saturated carbocycles. The first-order chi connectivity index (χ1) is 9.51. The van der Waals surface area contributed by atoms with Crippen molar-refractivity contribution in [3.63, 3.8) is 0 Å². The lowest BCUT2D eigenvalue weighted by molar-refractivity contribution is 0.323. The SMILES string of the molecule is CCOc1nc(Oc2cc(Cl)c(Cl)cc2Cl)ccc1N. The largest absolute Gasteiger partial charge is 0.476 e. The van der Waals surface area contributed by atoms with Crippen LogP contribution in [-0.4, -0.2) is 11.6 Å². The van der Waals surface area contributed by atoms with Crippen LogP contribution in [0.3, 0.4) is 0 Å². The molecule has 0 radical (unpaired) electrons. The molecule has 0 bridgehead atoms. The van der Waals surface area contributed by atoms with E-state index in [1.807, 2.05) is 6.92 Å². The minimum Gasteiger partial charge on any atom is -0.476 e. The summed E-state index contributed by atoms with van der Waals surface area (Å²) in [6.45, 7) is 2.29. The van der Waals surface area contributed by atoms with E-state index in [-0.39, 0.29) is 0 Å². The van der Waals surface area contributed by atoms with Gasteiger partial charge >= 0.3 is 0 Å². The molecule has 0 fully saturated rings. The van der Waals surface area contributed by atoms with E-state index in [1.165, 1.54) is 12.1 Å². The average molecular weight is 334 g/mol. The van der Waals surface area contributed by atoms with E-state index >= 15 is 0 Å². The van der Waals surface area contributed by atoms with Gasteiger partial charge in [0.25, 0.3) is 0 Å². The number of halogens is 3. The van der Waals surface area contributed by atoms with Crippen molar-refractivity contribution < 1.29 is 9.47 Å². The molecular weight excluding hydrogens is 323 g/mol. The van der Waals surface area contributed by atoms with Crippen molar-refractivity contribution >= 4 is 40.5 Å². The van der Waals surface area contributed by atoms with Crippen molar-refractivity contribution in [2.24, 2.45) is 0 Å². The third-order valence-corrected chi connectivity index (χ3v) is 3.35. The number of nitrogens with zero attached hydrogens (tertiary/aromatic N) is 1. The monoisotopic (exact) mass is 332 g/mol. The molecule has 20 heavy (non-hydrogen) atoms. The number of benzene rings is 1. The molecule has 7 heteroatoms. The zero-order valence-electron chi connectivity index (χ0n) is 10.5. The molecule has 2 aromatic rings. The first kappa shape index (κ1) is 15.0. The van der Waals surface area contributed by atoms with Crippen LogP contribution in [0.25, 0.3) is 0 Å². The molecule has 0 aliphatic rings. The minimum atomic E-state index is 0.294. The van der Waals surface area contributed by atoms with Gasteiger partial charge in [-0.2, -0.15) is 4.98 Å². The highest BCUT2D eigenvalue weighted by Gasteiger charge is 2.10. The highest BCUT2D eigenvalue weighted by atomic mass is 35.5. The standard InChI is InChI=1S/C13H11Cl3N2O2/c1-2-19-13-10(17)3-4-12(18-13)20-11-6-8(15)7(14)5-9(11)16/h3-6H,2,17H2,1H3. The normalized spacial score (nSPS) is 10.4. The maximum Gasteiger partial charge on any atom is 0.240 e. The lowest BCUT2D eigenvalue weighted by Gasteiger charge is -2.10. The second-order valence-corrected chi connectivity index (χ2v) is 5.00. The van der Waals surface area contributed by atoms with Crippen molar-refractivity contribution in [1.82, 2.24) is 4.98 Å². The van der Waals surface area contributed by atoms with Gasteiger partial charge in [0.2, 0.25) is 11.8 Å². The van der Waals surface area contributed by atoms with Crippen LogP contribution in [0.15, 0.2) is 24.3 Å². The quantitative estimate of drug-likeness (QED) is 0.815. The average Bonchev–Trinajstić information content (AvgIpc) is 2.40. The number of nitrogen functional groups attached to an aromatic ring is 1. The molecule has 2 rings (SSSR count). The van der Waals surface area contributed by atoms with E-state index in [4.69, 9.17) is 50.0 Å². The number of hydrogen-bond acceptors (Lipinski definition) is 4. The van der Waals surface area contributed by atoms with Crippen LogP contribution in [0.1, 0.15) is 6.92 Å². The summed E-state index contributed by atoms with van der Waals surface area (Å²) in [4.78, 5) is 4.15. The number of ether oxygens (including phenoxy) is 2. The lowest BCUT2D eigenvalue weighted by atomic mass is 10.3. The molecule has 1 heterocycles. The van der Waals surface area contributed by atoms with Crippen molar-refractivity contribution in [3.8, 4) is 17.5 Å². The highest BCUT2D eigenvalue weighted by Crippen LogP contribution is 2.36.